The molecular weight excluding hydrogens is 432 g/mol. The van der Waals surface area contributed by atoms with Crippen LogP contribution in [-0.2, 0) is 6.61 Å². The molecule has 0 radical (unpaired) electrons. The van der Waals surface area contributed by atoms with Crippen LogP contribution >= 0.6 is 0 Å². The van der Waals surface area contributed by atoms with E-state index in [0.717, 1.165) is 44.9 Å². The maximum absolute atomic E-state index is 9.62. The zero-order valence-corrected chi connectivity index (χ0v) is 20.8. The first-order valence-corrected chi connectivity index (χ1v) is 11.9. The molecule has 0 aliphatic carbocycles. The molecule has 0 aromatic heterocycles. The van der Waals surface area contributed by atoms with Crippen molar-refractivity contribution in [2.24, 2.45) is 0 Å². The van der Waals surface area contributed by atoms with E-state index in [2.05, 4.69) is 74.5 Å². The number of ether oxygens (including phenoxy) is 2. The van der Waals surface area contributed by atoms with Crippen molar-refractivity contribution in [1.82, 2.24) is 0 Å². The fourth-order valence-electron chi connectivity index (χ4n) is 4.41. The highest BCUT2D eigenvalue weighted by molar-refractivity contribution is 6.05. The minimum Gasteiger partial charge on any atom is -0.497 e. The van der Waals surface area contributed by atoms with E-state index in [0.29, 0.717) is 5.92 Å². The Morgan fingerprint density at radius 1 is 0.629 bits per heavy atom. The quantitative estimate of drug-likeness (QED) is 0.278. The van der Waals surface area contributed by atoms with Crippen LogP contribution in [0.25, 0.3) is 11.1 Å². The van der Waals surface area contributed by atoms with Crippen LogP contribution < -0.4 is 9.47 Å². The molecule has 0 heterocycles. The molecule has 4 aromatic carbocycles. The molecule has 4 aromatic rings. The summed E-state index contributed by atoms with van der Waals surface area (Å²) in [5.41, 5.74) is 8.92. The molecule has 0 saturated heterocycles. The second-order valence-electron chi connectivity index (χ2n) is 8.80. The molecule has 0 amide bonds. The summed E-state index contributed by atoms with van der Waals surface area (Å²) in [6.07, 6.45) is 0. The SMILES string of the molecule is COc1ccc(C(=C(c2ccc(OC)cc2)c2ccccc2C(C)C)c2ccc(CO)cc2)cc1. The normalized spacial score (nSPS) is 11.8. The van der Waals surface area contributed by atoms with Crippen molar-refractivity contribution in [3.8, 4) is 11.5 Å². The molecule has 1 N–H and O–H groups in total. The van der Waals surface area contributed by atoms with Crippen molar-refractivity contribution < 1.29 is 14.6 Å². The fourth-order valence-corrected chi connectivity index (χ4v) is 4.41. The molecule has 0 unspecified atom stereocenters. The Bertz CT molecular complexity index is 1230. The van der Waals surface area contributed by atoms with Gasteiger partial charge in [-0.05, 0) is 74.7 Å². The Labute approximate surface area is 208 Å². The minimum atomic E-state index is 0.0172. The summed E-state index contributed by atoms with van der Waals surface area (Å²) in [6, 6.07) is 33.2. The molecule has 3 nitrogen and oxygen atoms in total. The predicted molar refractivity (Wildman–Crippen MR) is 144 cm³/mol. The highest BCUT2D eigenvalue weighted by atomic mass is 16.5. The van der Waals surface area contributed by atoms with Gasteiger partial charge in [0.25, 0.3) is 0 Å². The Kier molecular flexibility index (Phi) is 7.69. The van der Waals surface area contributed by atoms with Gasteiger partial charge >= 0.3 is 0 Å². The van der Waals surface area contributed by atoms with E-state index in [9.17, 15) is 5.11 Å². The van der Waals surface area contributed by atoms with Crippen LogP contribution in [0.3, 0.4) is 0 Å². The van der Waals surface area contributed by atoms with Crippen molar-refractivity contribution in [2.75, 3.05) is 14.2 Å². The lowest BCUT2D eigenvalue weighted by Gasteiger charge is -2.22. The van der Waals surface area contributed by atoms with Crippen LogP contribution in [-0.4, -0.2) is 19.3 Å². The Morgan fingerprint density at radius 2 is 1.09 bits per heavy atom. The molecule has 35 heavy (non-hydrogen) atoms. The first-order valence-electron chi connectivity index (χ1n) is 11.9. The fraction of sp³-hybridized carbons (Fsp3) is 0.188. The third kappa shape index (κ3) is 5.31. The molecule has 0 fully saturated rings. The zero-order valence-electron chi connectivity index (χ0n) is 20.8. The van der Waals surface area contributed by atoms with Crippen LogP contribution in [0.1, 0.15) is 53.1 Å². The zero-order chi connectivity index (χ0) is 24.8. The van der Waals surface area contributed by atoms with Gasteiger partial charge < -0.3 is 14.6 Å². The van der Waals surface area contributed by atoms with Gasteiger partial charge in [0.15, 0.2) is 0 Å². The van der Waals surface area contributed by atoms with E-state index in [4.69, 9.17) is 9.47 Å². The molecule has 0 aliphatic heterocycles. The van der Waals surface area contributed by atoms with Gasteiger partial charge in [0, 0.05) is 0 Å². The van der Waals surface area contributed by atoms with Crippen LogP contribution in [0.4, 0.5) is 0 Å². The maximum atomic E-state index is 9.62. The number of aliphatic hydroxyl groups is 1. The van der Waals surface area contributed by atoms with Gasteiger partial charge in [0.2, 0.25) is 0 Å². The highest BCUT2D eigenvalue weighted by Gasteiger charge is 2.20. The lowest BCUT2D eigenvalue weighted by atomic mass is 9.82. The Balaban J connectivity index is 2.10. The van der Waals surface area contributed by atoms with Gasteiger partial charge in [-0.25, -0.2) is 0 Å². The summed E-state index contributed by atoms with van der Waals surface area (Å²) < 4.78 is 10.9. The molecule has 178 valence electrons. The standard InChI is InChI=1S/C32H32O3/c1-22(2)29-7-5-6-8-30(29)32(26-15-19-28(35-4)20-16-26)31(24-11-9-23(21-33)10-12-24)25-13-17-27(34-3)18-14-25/h5-20,22,33H,21H2,1-4H3. The topological polar surface area (TPSA) is 38.7 Å². The van der Waals surface area contributed by atoms with Gasteiger partial charge in [0.1, 0.15) is 11.5 Å². The molecule has 3 heteroatoms. The number of aliphatic hydroxyl groups excluding tert-OH is 1. The van der Waals surface area contributed by atoms with Gasteiger partial charge in [-0.1, -0.05) is 86.6 Å². The second-order valence-corrected chi connectivity index (χ2v) is 8.80. The molecule has 0 atom stereocenters. The van der Waals surface area contributed by atoms with Crippen LogP contribution in [0.15, 0.2) is 97.1 Å². The highest BCUT2D eigenvalue weighted by Crippen LogP contribution is 2.40. The maximum Gasteiger partial charge on any atom is 0.118 e. The van der Waals surface area contributed by atoms with E-state index < -0.39 is 0 Å². The smallest absolute Gasteiger partial charge is 0.118 e. The summed E-state index contributed by atoms with van der Waals surface area (Å²) in [4.78, 5) is 0. The molecular formula is C32H32O3. The summed E-state index contributed by atoms with van der Waals surface area (Å²) in [5.74, 6) is 1.99. The summed E-state index contributed by atoms with van der Waals surface area (Å²) in [6.45, 7) is 4.48. The van der Waals surface area contributed by atoms with Crippen LogP contribution in [0, 0.1) is 0 Å². The van der Waals surface area contributed by atoms with Gasteiger partial charge in [0.05, 0.1) is 20.8 Å². The molecule has 0 saturated carbocycles. The first kappa shape index (κ1) is 24.3. The van der Waals surface area contributed by atoms with E-state index in [1.54, 1.807) is 14.2 Å². The van der Waals surface area contributed by atoms with Gasteiger partial charge in [-0.2, -0.15) is 0 Å². The average molecular weight is 465 g/mol. The van der Waals surface area contributed by atoms with E-state index in [1.807, 2.05) is 36.4 Å². The van der Waals surface area contributed by atoms with Crippen molar-refractivity contribution in [1.29, 1.82) is 0 Å². The van der Waals surface area contributed by atoms with E-state index in [1.165, 1.54) is 11.1 Å². The Morgan fingerprint density at radius 3 is 1.54 bits per heavy atom. The summed E-state index contributed by atoms with van der Waals surface area (Å²) in [7, 11) is 3.37. The molecule has 0 aliphatic rings. The number of methoxy groups -OCH3 is 2. The first-order chi connectivity index (χ1) is 17.0. The third-order valence-electron chi connectivity index (χ3n) is 6.28. The minimum absolute atomic E-state index is 0.0172. The third-order valence-corrected chi connectivity index (χ3v) is 6.28. The summed E-state index contributed by atoms with van der Waals surface area (Å²) in [5, 5.41) is 9.62. The molecule has 4 rings (SSSR count). The molecule has 0 spiro atoms. The number of hydrogen-bond acceptors (Lipinski definition) is 3. The monoisotopic (exact) mass is 464 g/mol. The van der Waals surface area contributed by atoms with Gasteiger partial charge in [-0.15, -0.1) is 0 Å². The van der Waals surface area contributed by atoms with Crippen molar-refractivity contribution in [3.63, 3.8) is 0 Å². The lowest BCUT2D eigenvalue weighted by molar-refractivity contribution is 0.282. The average Bonchev–Trinajstić information content (AvgIpc) is 2.92. The number of benzene rings is 4. The molecule has 0 bridgehead atoms. The van der Waals surface area contributed by atoms with Crippen LogP contribution in [0.2, 0.25) is 0 Å². The Hall–Kier alpha value is -3.82. The largest absolute Gasteiger partial charge is 0.497 e. The van der Waals surface area contributed by atoms with Crippen molar-refractivity contribution >= 4 is 11.1 Å². The lowest BCUT2D eigenvalue weighted by Crippen LogP contribution is -2.02. The van der Waals surface area contributed by atoms with Crippen molar-refractivity contribution in [2.45, 2.75) is 26.4 Å². The summed E-state index contributed by atoms with van der Waals surface area (Å²) >= 11 is 0. The predicted octanol–water partition coefficient (Wildman–Crippen LogP) is 7.33. The second kappa shape index (κ2) is 11.1. The van der Waals surface area contributed by atoms with E-state index >= 15 is 0 Å². The van der Waals surface area contributed by atoms with Crippen molar-refractivity contribution in [3.05, 3.63) is 130 Å². The van der Waals surface area contributed by atoms with Gasteiger partial charge in [-0.3, -0.25) is 0 Å². The van der Waals surface area contributed by atoms with E-state index in [-0.39, 0.29) is 6.61 Å². The van der Waals surface area contributed by atoms with Crippen LogP contribution in [0.5, 0.6) is 11.5 Å². The number of rotatable bonds is 8. The number of hydrogen-bond donors (Lipinski definition) is 1.